The number of unbranched alkanes of at least 4 members (excludes halogenated alkanes) is 1. The molecule has 1 N–H and O–H groups in total. The molecule has 0 bridgehead atoms. The molecule has 1 aliphatic rings. The number of hydrogen-bond donors (Lipinski definition) is 1. The SMILES string of the molecule is CCCCN(C(=O)COC(=O)CCNS(=O)(=O)c1cn(C)c(C)n1)C1CCS(=O)(=O)C1. The van der Waals surface area contributed by atoms with E-state index in [-0.39, 0.29) is 29.5 Å². The van der Waals surface area contributed by atoms with Gasteiger partial charge in [0.05, 0.1) is 17.9 Å². The Balaban J connectivity index is 1.82. The van der Waals surface area contributed by atoms with Crippen LogP contribution in [-0.2, 0) is 41.2 Å². The van der Waals surface area contributed by atoms with Gasteiger partial charge >= 0.3 is 5.97 Å². The van der Waals surface area contributed by atoms with Crippen LogP contribution in [0.3, 0.4) is 0 Å². The lowest BCUT2D eigenvalue weighted by molar-refractivity contribution is -0.152. The summed E-state index contributed by atoms with van der Waals surface area (Å²) >= 11 is 0. The number of rotatable bonds is 11. The number of hydrogen-bond acceptors (Lipinski definition) is 8. The van der Waals surface area contributed by atoms with E-state index < -0.39 is 44.4 Å². The summed E-state index contributed by atoms with van der Waals surface area (Å²) in [7, 11) is -5.34. The van der Waals surface area contributed by atoms with E-state index in [1.54, 1.807) is 18.5 Å². The maximum Gasteiger partial charge on any atom is 0.307 e. The van der Waals surface area contributed by atoms with Gasteiger partial charge in [-0.25, -0.2) is 26.5 Å². The Morgan fingerprint density at radius 2 is 2.10 bits per heavy atom. The molecular weight excluding hydrogens is 448 g/mol. The van der Waals surface area contributed by atoms with E-state index in [2.05, 4.69) is 9.71 Å². The summed E-state index contributed by atoms with van der Waals surface area (Å²) in [5.74, 6) is -0.689. The van der Waals surface area contributed by atoms with Gasteiger partial charge in [0.1, 0.15) is 5.82 Å². The van der Waals surface area contributed by atoms with E-state index in [0.29, 0.717) is 25.2 Å². The van der Waals surface area contributed by atoms with Crippen molar-refractivity contribution in [3.05, 3.63) is 12.0 Å². The summed E-state index contributed by atoms with van der Waals surface area (Å²) in [4.78, 5) is 29.9. The number of carbonyl (C=O) groups is 2. The Morgan fingerprint density at radius 3 is 2.65 bits per heavy atom. The Hall–Kier alpha value is -1.99. The molecular formula is C18H30N4O7S2. The zero-order valence-corrected chi connectivity index (χ0v) is 19.7. The predicted molar refractivity (Wildman–Crippen MR) is 112 cm³/mol. The number of imidazole rings is 1. The van der Waals surface area contributed by atoms with E-state index in [9.17, 15) is 26.4 Å². The van der Waals surface area contributed by atoms with Crippen LogP contribution >= 0.6 is 0 Å². The van der Waals surface area contributed by atoms with Gasteiger partial charge in [0.25, 0.3) is 15.9 Å². The quantitative estimate of drug-likeness (QED) is 0.429. The molecule has 1 aromatic heterocycles. The number of sulfone groups is 1. The number of aryl methyl sites for hydroxylation is 2. The van der Waals surface area contributed by atoms with Crippen molar-refractivity contribution in [3.63, 3.8) is 0 Å². The standard InChI is InChI=1S/C18H30N4O7S2/c1-4-5-9-22(15-7-10-30(25,26)13-15)17(23)12-29-18(24)6-8-19-31(27,28)16-11-21(3)14(2)20-16/h11,15,19H,4-10,12-13H2,1-3H3. The zero-order chi connectivity index (χ0) is 23.2. The minimum Gasteiger partial charge on any atom is -0.456 e. The Bertz CT molecular complexity index is 983. The number of amides is 1. The van der Waals surface area contributed by atoms with E-state index in [4.69, 9.17) is 4.74 Å². The Kier molecular flexibility index (Phi) is 8.60. The molecule has 1 unspecified atom stereocenters. The van der Waals surface area contributed by atoms with E-state index in [1.807, 2.05) is 6.92 Å². The van der Waals surface area contributed by atoms with Crippen molar-refractivity contribution >= 4 is 31.7 Å². The van der Waals surface area contributed by atoms with Gasteiger partial charge in [-0.3, -0.25) is 9.59 Å². The number of sulfonamides is 1. The molecule has 11 nitrogen and oxygen atoms in total. The topological polar surface area (TPSA) is 145 Å². The third-order valence-corrected chi connectivity index (χ3v) is 8.14. The second-order valence-electron chi connectivity index (χ2n) is 7.54. The average Bonchev–Trinajstić information content (AvgIpc) is 3.22. The van der Waals surface area contributed by atoms with Crippen molar-refractivity contribution in [3.8, 4) is 0 Å². The van der Waals surface area contributed by atoms with Gasteiger partial charge in [-0.15, -0.1) is 0 Å². The van der Waals surface area contributed by atoms with Crippen LogP contribution in [0.1, 0.15) is 38.4 Å². The van der Waals surface area contributed by atoms with E-state index >= 15 is 0 Å². The highest BCUT2D eigenvalue weighted by atomic mass is 32.2. The number of carbonyl (C=O) groups excluding carboxylic acids is 2. The van der Waals surface area contributed by atoms with Gasteiger partial charge in [0, 0.05) is 32.4 Å². The Morgan fingerprint density at radius 1 is 1.39 bits per heavy atom. The first-order valence-corrected chi connectivity index (χ1v) is 13.4. The fraction of sp³-hybridized carbons (Fsp3) is 0.722. The maximum atomic E-state index is 12.5. The van der Waals surface area contributed by atoms with Crippen LogP contribution in [0, 0.1) is 6.92 Å². The molecule has 1 amide bonds. The molecule has 2 heterocycles. The van der Waals surface area contributed by atoms with Gasteiger partial charge in [-0.1, -0.05) is 13.3 Å². The zero-order valence-electron chi connectivity index (χ0n) is 18.0. The van der Waals surface area contributed by atoms with Gasteiger partial charge in [-0.2, -0.15) is 0 Å². The van der Waals surface area contributed by atoms with Crippen LogP contribution < -0.4 is 4.72 Å². The van der Waals surface area contributed by atoms with Crippen LogP contribution in [0.15, 0.2) is 11.2 Å². The second kappa shape index (κ2) is 10.6. The third-order valence-electron chi connectivity index (χ3n) is 5.06. The maximum absolute atomic E-state index is 12.5. The molecule has 13 heteroatoms. The van der Waals surface area contributed by atoms with Crippen molar-refractivity contribution in [2.24, 2.45) is 7.05 Å². The summed E-state index contributed by atoms with van der Waals surface area (Å²) in [6.07, 6.45) is 3.03. The molecule has 1 atom stereocenters. The van der Waals surface area contributed by atoms with Crippen molar-refractivity contribution in [2.45, 2.75) is 50.6 Å². The summed E-state index contributed by atoms with van der Waals surface area (Å²) in [6.45, 7) is 3.31. The molecule has 0 aliphatic carbocycles. The fourth-order valence-corrected chi connectivity index (χ4v) is 5.97. The van der Waals surface area contributed by atoms with Crippen LogP contribution in [0.4, 0.5) is 0 Å². The lowest BCUT2D eigenvalue weighted by Crippen LogP contribution is -2.44. The van der Waals surface area contributed by atoms with Crippen LogP contribution in [0.2, 0.25) is 0 Å². The normalized spacial score (nSPS) is 18.1. The highest BCUT2D eigenvalue weighted by Gasteiger charge is 2.34. The minimum absolute atomic E-state index is 0.0449. The van der Waals surface area contributed by atoms with Crippen molar-refractivity contribution in [1.82, 2.24) is 19.2 Å². The van der Waals surface area contributed by atoms with Crippen LogP contribution in [0.25, 0.3) is 0 Å². The van der Waals surface area contributed by atoms with E-state index in [1.165, 1.54) is 11.1 Å². The predicted octanol–water partition coefficient (Wildman–Crippen LogP) is -0.244. The molecule has 2 rings (SSSR count). The minimum atomic E-state index is -3.86. The summed E-state index contributed by atoms with van der Waals surface area (Å²) in [5.41, 5.74) is 0. The van der Waals surface area contributed by atoms with Crippen molar-refractivity contribution in [2.75, 3.05) is 31.2 Å². The monoisotopic (exact) mass is 478 g/mol. The lowest BCUT2D eigenvalue weighted by Gasteiger charge is -2.28. The van der Waals surface area contributed by atoms with Gasteiger partial charge in [-0.05, 0) is 19.8 Å². The first-order valence-electron chi connectivity index (χ1n) is 10.1. The molecule has 1 fully saturated rings. The molecule has 176 valence electrons. The van der Waals surface area contributed by atoms with Gasteiger partial charge in [0.15, 0.2) is 21.5 Å². The molecule has 0 radical (unpaired) electrons. The smallest absolute Gasteiger partial charge is 0.307 e. The van der Waals surface area contributed by atoms with Crippen LogP contribution in [0.5, 0.6) is 0 Å². The molecule has 1 aliphatic heterocycles. The fourth-order valence-electron chi connectivity index (χ4n) is 3.18. The molecule has 1 aromatic rings. The highest BCUT2D eigenvalue weighted by molar-refractivity contribution is 7.91. The van der Waals surface area contributed by atoms with Gasteiger partial charge in [0.2, 0.25) is 0 Å². The summed E-state index contributed by atoms with van der Waals surface area (Å²) in [6, 6.07) is -0.406. The molecule has 0 saturated carbocycles. The van der Waals surface area contributed by atoms with Gasteiger partial charge < -0.3 is 14.2 Å². The number of ether oxygens (including phenoxy) is 1. The number of esters is 1. The first-order chi connectivity index (χ1) is 14.4. The lowest BCUT2D eigenvalue weighted by atomic mass is 10.2. The number of aromatic nitrogens is 2. The van der Waals surface area contributed by atoms with Crippen molar-refractivity contribution in [1.29, 1.82) is 0 Å². The Labute approximate surface area is 183 Å². The van der Waals surface area contributed by atoms with E-state index in [0.717, 1.165) is 6.42 Å². The average molecular weight is 479 g/mol. The van der Waals surface area contributed by atoms with Crippen LogP contribution in [-0.4, -0.2) is 80.4 Å². The van der Waals surface area contributed by atoms with Crippen molar-refractivity contribution < 1.29 is 31.2 Å². The highest BCUT2D eigenvalue weighted by Crippen LogP contribution is 2.19. The largest absolute Gasteiger partial charge is 0.456 e. The number of nitrogens with zero attached hydrogens (tertiary/aromatic N) is 3. The molecule has 0 aromatic carbocycles. The summed E-state index contributed by atoms with van der Waals surface area (Å²) < 4.78 is 56.7. The second-order valence-corrected chi connectivity index (χ2v) is 11.5. The third kappa shape index (κ3) is 7.28. The number of nitrogens with one attached hydrogen (secondary N) is 1. The summed E-state index contributed by atoms with van der Waals surface area (Å²) in [5, 5.41) is -0.144. The molecule has 31 heavy (non-hydrogen) atoms. The molecule has 1 saturated heterocycles. The first kappa shape index (κ1) is 25.3. The molecule has 0 spiro atoms.